The van der Waals surface area contributed by atoms with Crippen molar-refractivity contribution in [3.8, 4) is 39.7 Å². The van der Waals surface area contributed by atoms with Crippen LogP contribution >= 0.6 is 0 Å². The molecule has 1 aromatic carbocycles. The van der Waals surface area contributed by atoms with Gasteiger partial charge in [-0.3, -0.25) is 9.97 Å². The van der Waals surface area contributed by atoms with Crippen LogP contribution < -0.4 is 4.74 Å². The van der Waals surface area contributed by atoms with Gasteiger partial charge < -0.3 is 9.72 Å². The second kappa shape index (κ2) is 7.93. The Hall–Kier alpha value is -4.41. The Kier molecular flexibility index (Phi) is 4.93. The quantitative estimate of drug-likeness (QED) is 0.378. The van der Waals surface area contributed by atoms with Crippen LogP contribution in [0.25, 0.3) is 45.2 Å². The van der Waals surface area contributed by atoms with Crippen molar-refractivity contribution < 1.29 is 22.3 Å². The molecule has 11 heteroatoms. The van der Waals surface area contributed by atoms with E-state index >= 15 is 0 Å². The largest absolute Gasteiger partial charge is 0.573 e. The fraction of sp³-hybridized carbons (Fsp3) is 0.0455. The molecule has 5 rings (SSSR count). The molecule has 33 heavy (non-hydrogen) atoms. The van der Waals surface area contributed by atoms with Gasteiger partial charge in [0.15, 0.2) is 17.1 Å². The van der Waals surface area contributed by atoms with Gasteiger partial charge in [0, 0.05) is 35.3 Å². The lowest BCUT2D eigenvalue weighted by Gasteiger charge is -2.08. The number of aromatic nitrogens is 6. The number of hydrogen-bond acceptors (Lipinski definition) is 6. The number of nitrogens with one attached hydrogen (secondary N) is 1. The molecule has 0 aliphatic heterocycles. The number of fused-ring (bicyclic) bond motifs is 1. The van der Waals surface area contributed by atoms with Gasteiger partial charge in [-0.2, -0.15) is 0 Å². The maximum atomic E-state index is 14.5. The maximum absolute atomic E-state index is 14.5. The van der Waals surface area contributed by atoms with Crippen LogP contribution in [0.3, 0.4) is 0 Å². The first-order chi connectivity index (χ1) is 15.9. The lowest BCUT2D eigenvalue weighted by Crippen LogP contribution is -2.16. The molecule has 5 aromatic rings. The van der Waals surface area contributed by atoms with Gasteiger partial charge in [0.1, 0.15) is 23.0 Å². The van der Waals surface area contributed by atoms with Crippen LogP contribution in [0.1, 0.15) is 0 Å². The highest BCUT2D eigenvalue weighted by atomic mass is 19.4. The molecule has 0 spiro atoms. The summed E-state index contributed by atoms with van der Waals surface area (Å²) in [5.74, 6) is -0.600. The second-order valence-electron chi connectivity index (χ2n) is 6.85. The van der Waals surface area contributed by atoms with Crippen LogP contribution in [-0.2, 0) is 0 Å². The average Bonchev–Trinajstić information content (AvgIpc) is 3.22. The molecule has 0 atom stereocenters. The number of nitrogens with zero attached hydrogens (tertiary/aromatic N) is 5. The van der Waals surface area contributed by atoms with Crippen molar-refractivity contribution in [2.45, 2.75) is 6.36 Å². The van der Waals surface area contributed by atoms with Crippen LogP contribution in [0.5, 0.6) is 5.75 Å². The Morgan fingerprint density at radius 1 is 0.788 bits per heavy atom. The summed E-state index contributed by atoms with van der Waals surface area (Å²) in [6.45, 7) is 0. The highest BCUT2D eigenvalue weighted by molar-refractivity contribution is 5.84. The number of imidazole rings is 1. The van der Waals surface area contributed by atoms with Gasteiger partial charge in [-0.1, -0.05) is 0 Å². The van der Waals surface area contributed by atoms with Crippen molar-refractivity contribution in [2.75, 3.05) is 0 Å². The van der Waals surface area contributed by atoms with Gasteiger partial charge in [0.05, 0.1) is 6.20 Å². The maximum Gasteiger partial charge on any atom is 0.573 e. The van der Waals surface area contributed by atoms with E-state index in [9.17, 15) is 17.6 Å². The van der Waals surface area contributed by atoms with Crippen molar-refractivity contribution >= 4 is 11.3 Å². The first kappa shape index (κ1) is 20.5. The summed E-state index contributed by atoms with van der Waals surface area (Å²) in [4.78, 5) is 24.4. The van der Waals surface area contributed by atoms with E-state index in [4.69, 9.17) is 0 Å². The average molecular weight is 452 g/mol. The Balaban J connectivity index is 1.62. The van der Waals surface area contributed by atoms with Crippen molar-refractivity contribution in [2.24, 2.45) is 0 Å². The molecule has 4 heterocycles. The molecular formula is C22H12F4N6O. The number of halogens is 4. The molecule has 0 saturated heterocycles. The molecule has 0 fully saturated rings. The smallest absolute Gasteiger partial charge is 0.406 e. The summed E-state index contributed by atoms with van der Waals surface area (Å²) in [6, 6.07) is 10.2. The van der Waals surface area contributed by atoms with E-state index in [0.717, 1.165) is 6.20 Å². The fourth-order valence-corrected chi connectivity index (χ4v) is 3.24. The minimum absolute atomic E-state index is 0.197. The highest BCUT2D eigenvalue weighted by Gasteiger charge is 2.31. The molecule has 0 aliphatic rings. The minimum Gasteiger partial charge on any atom is -0.406 e. The summed E-state index contributed by atoms with van der Waals surface area (Å²) in [5.41, 5.74) is 2.45. The van der Waals surface area contributed by atoms with Crippen molar-refractivity contribution in [3.05, 3.63) is 73.1 Å². The van der Waals surface area contributed by atoms with E-state index in [2.05, 4.69) is 34.6 Å². The summed E-state index contributed by atoms with van der Waals surface area (Å²) in [7, 11) is 0. The second-order valence-corrected chi connectivity index (χ2v) is 6.85. The van der Waals surface area contributed by atoms with E-state index in [-0.39, 0.29) is 28.3 Å². The molecule has 7 nitrogen and oxygen atoms in total. The monoisotopic (exact) mass is 452 g/mol. The molecule has 0 amide bonds. The summed E-state index contributed by atoms with van der Waals surface area (Å²) < 4.78 is 55.6. The standard InChI is InChI=1S/C22H12F4N6O/c23-16-11-28-9-7-15(16)18-17(13-2-1-8-27-10-13)29-20-21(30-18)32-19(31-20)12-3-5-14(6-4-12)33-22(24,25)26/h1-11H,(H,29,30,31,32). The zero-order valence-corrected chi connectivity index (χ0v) is 16.5. The minimum atomic E-state index is -4.78. The van der Waals surface area contributed by atoms with Gasteiger partial charge >= 0.3 is 6.36 Å². The van der Waals surface area contributed by atoms with Gasteiger partial charge in [-0.15, -0.1) is 13.2 Å². The fourth-order valence-electron chi connectivity index (χ4n) is 3.24. The molecule has 0 bridgehead atoms. The number of benzene rings is 1. The van der Waals surface area contributed by atoms with Gasteiger partial charge in [-0.05, 0) is 42.5 Å². The number of hydrogen-bond donors (Lipinski definition) is 1. The van der Waals surface area contributed by atoms with Crippen molar-refractivity contribution in [3.63, 3.8) is 0 Å². The lowest BCUT2D eigenvalue weighted by atomic mass is 10.1. The van der Waals surface area contributed by atoms with E-state index in [1.165, 1.54) is 36.5 Å². The lowest BCUT2D eigenvalue weighted by molar-refractivity contribution is -0.274. The summed E-state index contributed by atoms with van der Waals surface area (Å²) in [5, 5.41) is 0. The zero-order valence-electron chi connectivity index (χ0n) is 16.5. The molecule has 0 saturated carbocycles. The summed E-state index contributed by atoms with van der Waals surface area (Å²) >= 11 is 0. The molecule has 0 aliphatic carbocycles. The van der Waals surface area contributed by atoms with Gasteiger partial charge in [-0.25, -0.2) is 19.3 Å². The third-order valence-corrected chi connectivity index (χ3v) is 4.66. The number of rotatable bonds is 4. The van der Waals surface area contributed by atoms with Crippen LogP contribution in [-0.4, -0.2) is 36.3 Å². The highest BCUT2D eigenvalue weighted by Crippen LogP contribution is 2.32. The SMILES string of the molecule is Fc1cnccc1-c1nc2[nH]c(-c3ccc(OC(F)(F)F)cc3)nc2nc1-c1cccnc1. The molecule has 4 aromatic heterocycles. The predicted molar refractivity (Wildman–Crippen MR) is 110 cm³/mol. The van der Waals surface area contributed by atoms with Crippen LogP contribution in [0, 0.1) is 5.82 Å². The number of H-pyrrole nitrogens is 1. The number of alkyl halides is 3. The molecule has 164 valence electrons. The number of aromatic amines is 1. The third-order valence-electron chi connectivity index (χ3n) is 4.66. The summed E-state index contributed by atoms with van der Waals surface area (Å²) in [6.07, 6.45) is 0.917. The van der Waals surface area contributed by atoms with Crippen LogP contribution in [0.2, 0.25) is 0 Å². The third kappa shape index (κ3) is 4.20. The first-order valence-corrected chi connectivity index (χ1v) is 9.51. The van der Waals surface area contributed by atoms with Crippen molar-refractivity contribution in [1.29, 1.82) is 0 Å². The first-order valence-electron chi connectivity index (χ1n) is 9.51. The van der Waals surface area contributed by atoms with Crippen LogP contribution in [0.15, 0.2) is 67.3 Å². The normalized spacial score (nSPS) is 11.6. The molecule has 0 radical (unpaired) electrons. The predicted octanol–water partition coefficient (Wildman–Crippen LogP) is 5.18. The van der Waals surface area contributed by atoms with Gasteiger partial charge in [0.25, 0.3) is 0 Å². The Labute approximate surface area is 183 Å². The molecule has 1 N–H and O–H groups in total. The Bertz CT molecular complexity index is 1440. The van der Waals surface area contributed by atoms with Crippen LogP contribution in [0.4, 0.5) is 17.6 Å². The Morgan fingerprint density at radius 3 is 2.27 bits per heavy atom. The van der Waals surface area contributed by atoms with E-state index in [1.54, 1.807) is 24.5 Å². The molecule has 0 unspecified atom stereocenters. The van der Waals surface area contributed by atoms with Crippen molar-refractivity contribution in [1.82, 2.24) is 29.9 Å². The van der Waals surface area contributed by atoms with Gasteiger partial charge in [0.2, 0.25) is 0 Å². The Morgan fingerprint density at radius 2 is 1.58 bits per heavy atom. The topological polar surface area (TPSA) is 89.5 Å². The number of ether oxygens (including phenoxy) is 1. The molecular weight excluding hydrogens is 440 g/mol. The van der Waals surface area contributed by atoms with E-state index in [1.807, 2.05) is 0 Å². The zero-order chi connectivity index (χ0) is 23.0. The van der Waals surface area contributed by atoms with E-state index < -0.39 is 12.2 Å². The van der Waals surface area contributed by atoms with E-state index in [0.29, 0.717) is 22.6 Å². The number of pyridine rings is 2.